The Hall–Kier alpha value is -4.68. The van der Waals surface area contributed by atoms with Crippen molar-refractivity contribution in [2.45, 2.75) is 53.4 Å². The van der Waals surface area contributed by atoms with Crippen LogP contribution in [0.2, 0.25) is 19.6 Å². The molecule has 4 heterocycles. The predicted molar refractivity (Wildman–Crippen MR) is 209 cm³/mol. The molecule has 259 valence electrons. The molecule has 1 radical (unpaired) electrons. The number of rotatable bonds is 7. The molecule has 0 unspecified atom stereocenters. The first kappa shape index (κ1) is 36.1. The topological polar surface area (TPSA) is 56.7 Å². The van der Waals surface area contributed by atoms with Gasteiger partial charge in [0.1, 0.15) is 0 Å². The van der Waals surface area contributed by atoms with Gasteiger partial charge in [-0.3, -0.25) is 4.98 Å². The summed E-state index contributed by atoms with van der Waals surface area (Å²) in [6.07, 6.45) is 3.24. The Morgan fingerprint density at radius 3 is 2.31 bits per heavy atom. The van der Waals surface area contributed by atoms with E-state index in [4.69, 9.17) is 9.40 Å². The first-order valence-electron chi connectivity index (χ1n) is 17.3. The summed E-state index contributed by atoms with van der Waals surface area (Å²) < 4.78 is 8.46. The van der Waals surface area contributed by atoms with Gasteiger partial charge in [-0.15, -0.1) is 54.1 Å². The molecular formula is C44H42IrN4OSi-2. The van der Waals surface area contributed by atoms with Crippen molar-refractivity contribution in [3.8, 4) is 22.6 Å². The second-order valence-corrected chi connectivity index (χ2v) is 19.4. The number of hydrogen-bond donors (Lipinski definition) is 0. The van der Waals surface area contributed by atoms with E-state index in [2.05, 4.69) is 115 Å². The van der Waals surface area contributed by atoms with Crippen molar-refractivity contribution in [1.82, 2.24) is 19.5 Å². The number of pyridine rings is 2. The van der Waals surface area contributed by atoms with E-state index in [9.17, 15) is 0 Å². The van der Waals surface area contributed by atoms with Crippen LogP contribution in [0.4, 0.5) is 0 Å². The van der Waals surface area contributed by atoms with E-state index in [1.54, 1.807) is 0 Å². The number of aryl methyl sites for hydroxylation is 1. The smallest absolute Gasteiger partial charge is 0.216 e. The Bertz CT molecular complexity index is 2410. The summed E-state index contributed by atoms with van der Waals surface area (Å²) >= 11 is 0. The Kier molecular flexibility index (Phi) is 10.8. The monoisotopic (exact) mass is 863 g/mol. The van der Waals surface area contributed by atoms with Gasteiger partial charge >= 0.3 is 0 Å². The Balaban J connectivity index is 0.000000188. The number of benzene rings is 4. The number of hydrogen-bond acceptors (Lipinski definition) is 4. The molecule has 0 saturated carbocycles. The van der Waals surface area contributed by atoms with Crippen molar-refractivity contribution in [2.24, 2.45) is 5.92 Å². The molecule has 0 amide bonds. The number of furan rings is 1. The minimum absolute atomic E-state index is 0. The van der Waals surface area contributed by atoms with Gasteiger partial charge in [-0.25, -0.2) is 4.98 Å². The van der Waals surface area contributed by atoms with Crippen LogP contribution in [0.5, 0.6) is 0 Å². The quantitative estimate of drug-likeness (QED) is 0.118. The first-order valence-corrected chi connectivity index (χ1v) is 20.8. The zero-order valence-electron chi connectivity index (χ0n) is 30.0. The molecular weight excluding hydrogens is 821 g/mol. The molecule has 0 spiro atoms. The summed E-state index contributed by atoms with van der Waals surface area (Å²) in [5.74, 6) is 1.52. The molecule has 4 aromatic heterocycles. The number of para-hydroxylation sites is 2. The maximum Gasteiger partial charge on any atom is 0.216 e. The fraction of sp³-hybridized carbons (Fsp3) is 0.205. The average molecular weight is 863 g/mol. The predicted octanol–water partition coefficient (Wildman–Crippen LogP) is 10.4. The van der Waals surface area contributed by atoms with E-state index < -0.39 is 8.07 Å². The normalized spacial score (nSPS) is 11.5. The van der Waals surface area contributed by atoms with E-state index in [-0.39, 0.29) is 20.1 Å². The standard InChI is InChI=1S/C26H18N3O.C18H24NSi.Ir/c1-17-14-15-20-19-10-7-11-21(24(19)30-26(20)27-17)25-28-22-12-5-6-13-23(22)29(25)16-18-8-3-2-4-9-18;1-14(2)11-16-12-17(15-9-7-6-8-10-15)19-13-18(16)20(3,4)5;/h2-10,12-15H,16H2,1H3;6-9,12-14H,11H2,1-5H3;/q2*-1;. The maximum absolute atomic E-state index is 6.22. The fourth-order valence-electron chi connectivity index (χ4n) is 6.55. The van der Waals surface area contributed by atoms with E-state index in [0.717, 1.165) is 68.7 Å². The van der Waals surface area contributed by atoms with Crippen LogP contribution in [0, 0.1) is 25.0 Å². The molecule has 0 aliphatic rings. The molecule has 4 aromatic carbocycles. The molecule has 5 nitrogen and oxygen atoms in total. The third kappa shape index (κ3) is 7.81. The molecule has 8 aromatic rings. The summed E-state index contributed by atoms with van der Waals surface area (Å²) in [6.45, 7) is 14.4. The van der Waals surface area contributed by atoms with E-state index in [1.807, 2.05) is 67.6 Å². The van der Waals surface area contributed by atoms with Crippen molar-refractivity contribution < 1.29 is 24.5 Å². The molecule has 8 rings (SSSR count). The van der Waals surface area contributed by atoms with E-state index in [1.165, 1.54) is 16.3 Å². The van der Waals surface area contributed by atoms with Gasteiger partial charge in [-0.1, -0.05) is 98.5 Å². The Morgan fingerprint density at radius 2 is 1.57 bits per heavy atom. The van der Waals surface area contributed by atoms with Crippen molar-refractivity contribution in [3.05, 3.63) is 144 Å². The van der Waals surface area contributed by atoms with Crippen molar-refractivity contribution >= 4 is 46.4 Å². The summed E-state index contributed by atoms with van der Waals surface area (Å²) in [6, 6.07) is 43.7. The Labute approximate surface area is 315 Å². The summed E-state index contributed by atoms with van der Waals surface area (Å²) in [5, 5.41) is 3.53. The van der Waals surface area contributed by atoms with Crippen LogP contribution >= 0.6 is 0 Å². The minimum Gasteiger partial charge on any atom is -0.486 e. The van der Waals surface area contributed by atoms with Gasteiger partial charge in [0, 0.05) is 43.9 Å². The molecule has 0 bridgehead atoms. The number of aromatic nitrogens is 4. The number of imidazole rings is 1. The van der Waals surface area contributed by atoms with Crippen LogP contribution in [0.3, 0.4) is 0 Å². The molecule has 0 fully saturated rings. The van der Waals surface area contributed by atoms with Gasteiger partial charge < -0.3 is 14.0 Å². The van der Waals surface area contributed by atoms with Crippen LogP contribution in [-0.4, -0.2) is 27.6 Å². The summed E-state index contributed by atoms with van der Waals surface area (Å²) in [5.41, 5.74) is 10.1. The van der Waals surface area contributed by atoms with Gasteiger partial charge in [-0.05, 0) is 60.0 Å². The summed E-state index contributed by atoms with van der Waals surface area (Å²) in [4.78, 5) is 14.2. The second-order valence-electron chi connectivity index (χ2n) is 14.3. The SMILES string of the molecule is CC(C)Cc1cc(-c2[c-]cccc2)ncc1[Si](C)(C)C.Cc1ccc2c(n1)oc1c(-c3nc4ccccc4n3Cc3ccccc3)[c-]ccc12.[Ir]. The van der Waals surface area contributed by atoms with Crippen LogP contribution in [0.15, 0.2) is 120 Å². The molecule has 0 N–H and O–H groups in total. The van der Waals surface area contributed by atoms with Crippen LogP contribution < -0.4 is 5.19 Å². The molecule has 0 saturated heterocycles. The van der Waals surface area contributed by atoms with Gasteiger partial charge in [0.2, 0.25) is 5.71 Å². The Morgan fingerprint density at radius 1 is 0.804 bits per heavy atom. The zero-order valence-corrected chi connectivity index (χ0v) is 33.4. The summed E-state index contributed by atoms with van der Waals surface area (Å²) in [7, 11) is -1.34. The van der Waals surface area contributed by atoms with E-state index >= 15 is 0 Å². The molecule has 0 aliphatic carbocycles. The van der Waals surface area contributed by atoms with Gasteiger partial charge in [0.25, 0.3) is 0 Å². The average Bonchev–Trinajstić information content (AvgIpc) is 3.66. The fourth-order valence-corrected chi connectivity index (χ4v) is 8.14. The van der Waals surface area contributed by atoms with Crippen LogP contribution in [0.1, 0.15) is 30.7 Å². The third-order valence-corrected chi connectivity index (χ3v) is 11.0. The van der Waals surface area contributed by atoms with Crippen molar-refractivity contribution in [1.29, 1.82) is 0 Å². The largest absolute Gasteiger partial charge is 0.486 e. The van der Waals surface area contributed by atoms with Crippen LogP contribution in [0.25, 0.3) is 55.7 Å². The van der Waals surface area contributed by atoms with Gasteiger partial charge in [-0.2, -0.15) is 0 Å². The third-order valence-electron chi connectivity index (χ3n) is 8.91. The molecule has 0 atom stereocenters. The number of nitrogens with zero attached hydrogens (tertiary/aromatic N) is 4. The number of fused-ring (bicyclic) bond motifs is 4. The van der Waals surface area contributed by atoms with Gasteiger partial charge in [0.15, 0.2) is 0 Å². The molecule has 51 heavy (non-hydrogen) atoms. The van der Waals surface area contributed by atoms with E-state index in [0.29, 0.717) is 11.6 Å². The molecule has 7 heteroatoms. The zero-order chi connectivity index (χ0) is 34.8. The van der Waals surface area contributed by atoms with Crippen molar-refractivity contribution in [3.63, 3.8) is 0 Å². The minimum atomic E-state index is -1.34. The molecule has 0 aliphatic heterocycles. The van der Waals surface area contributed by atoms with Gasteiger partial charge in [0.05, 0.1) is 30.5 Å². The second kappa shape index (κ2) is 15.3. The van der Waals surface area contributed by atoms with Crippen molar-refractivity contribution in [2.75, 3.05) is 0 Å². The first-order chi connectivity index (χ1) is 24.2. The maximum atomic E-state index is 6.22. The van der Waals surface area contributed by atoms with Crippen LogP contribution in [-0.2, 0) is 33.1 Å².